The van der Waals surface area contributed by atoms with E-state index in [4.69, 9.17) is 9.47 Å². The number of hydrogen-bond acceptors (Lipinski definition) is 6. The van der Waals surface area contributed by atoms with Gasteiger partial charge >= 0.3 is 17.9 Å². The normalized spacial score (nSPS) is 9.70. The van der Waals surface area contributed by atoms with Gasteiger partial charge in [-0.25, -0.2) is 4.79 Å². The molecule has 0 fully saturated rings. The summed E-state index contributed by atoms with van der Waals surface area (Å²) in [6.45, 7) is 5.26. The smallest absolute Gasteiger partial charge is 0.333 e. The van der Waals surface area contributed by atoms with E-state index in [1.54, 1.807) is 0 Å². The van der Waals surface area contributed by atoms with Crippen molar-refractivity contribution in [3.05, 3.63) is 12.2 Å². The van der Waals surface area contributed by atoms with Gasteiger partial charge in [-0.2, -0.15) is 0 Å². The topological polar surface area (TPSA) is 78.9 Å². The Morgan fingerprint density at radius 3 is 2.20 bits per heavy atom. The molecule has 0 spiro atoms. The van der Waals surface area contributed by atoms with Crippen molar-refractivity contribution in [1.29, 1.82) is 0 Å². The first kappa shape index (κ1) is 18.1. The van der Waals surface area contributed by atoms with Gasteiger partial charge in [-0.3, -0.25) is 9.59 Å². The Bertz CT molecular complexity index is 348. The van der Waals surface area contributed by atoms with E-state index in [-0.39, 0.29) is 19.0 Å². The number of unbranched alkanes of at least 4 members (excludes halogenated alkanes) is 2. The molecule has 0 atom stereocenters. The van der Waals surface area contributed by atoms with Crippen molar-refractivity contribution < 1.29 is 28.6 Å². The minimum Gasteiger partial charge on any atom is -0.469 e. The highest BCUT2D eigenvalue weighted by molar-refractivity contribution is 5.87. The maximum absolute atomic E-state index is 11.3. The van der Waals surface area contributed by atoms with Crippen LogP contribution in [0.15, 0.2) is 12.2 Å². The molecule has 0 saturated heterocycles. The summed E-state index contributed by atoms with van der Waals surface area (Å²) in [6.07, 6.45) is 2.59. The third-order valence-electron chi connectivity index (χ3n) is 2.40. The SMILES string of the molecule is C=C(C)C(=O)OCCC(=O)OCCCCCC(=O)OC. The summed E-state index contributed by atoms with van der Waals surface area (Å²) in [6, 6.07) is 0. The van der Waals surface area contributed by atoms with E-state index in [2.05, 4.69) is 11.3 Å². The molecule has 0 radical (unpaired) electrons. The van der Waals surface area contributed by atoms with Crippen molar-refractivity contribution in [2.24, 2.45) is 0 Å². The summed E-state index contributed by atoms with van der Waals surface area (Å²) in [5, 5.41) is 0. The molecular weight excluding hydrogens is 264 g/mol. The molecule has 0 aliphatic rings. The van der Waals surface area contributed by atoms with E-state index in [9.17, 15) is 14.4 Å². The van der Waals surface area contributed by atoms with Gasteiger partial charge in [0.1, 0.15) is 6.61 Å². The van der Waals surface area contributed by atoms with Crippen LogP contribution >= 0.6 is 0 Å². The predicted molar refractivity (Wildman–Crippen MR) is 71.8 cm³/mol. The second-order valence-corrected chi connectivity index (χ2v) is 4.27. The van der Waals surface area contributed by atoms with Crippen LogP contribution in [0.5, 0.6) is 0 Å². The van der Waals surface area contributed by atoms with Crippen molar-refractivity contribution in [3.8, 4) is 0 Å². The Balaban J connectivity index is 3.43. The van der Waals surface area contributed by atoms with Crippen LogP contribution in [-0.2, 0) is 28.6 Å². The second-order valence-electron chi connectivity index (χ2n) is 4.27. The molecule has 0 aromatic heterocycles. The summed E-state index contributed by atoms with van der Waals surface area (Å²) in [7, 11) is 1.35. The zero-order valence-electron chi connectivity index (χ0n) is 12.1. The highest BCUT2D eigenvalue weighted by atomic mass is 16.5. The number of carbonyl (C=O) groups is 3. The number of rotatable bonds is 10. The summed E-state index contributed by atoms with van der Waals surface area (Å²) >= 11 is 0. The number of esters is 3. The number of methoxy groups -OCH3 is 1. The summed E-state index contributed by atoms with van der Waals surface area (Å²) in [4.78, 5) is 33.1. The maximum Gasteiger partial charge on any atom is 0.333 e. The average molecular weight is 286 g/mol. The Hall–Kier alpha value is -1.85. The summed E-state index contributed by atoms with van der Waals surface area (Å²) in [5.74, 6) is -1.16. The van der Waals surface area contributed by atoms with Crippen molar-refractivity contribution in [1.82, 2.24) is 0 Å². The average Bonchev–Trinajstić information content (AvgIpc) is 2.41. The molecule has 0 rings (SSSR count). The Labute approximate surface area is 119 Å². The zero-order chi connectivity index (χ0) is 15.4. The van der Waals surface area contributed by atoms with Crippen LogP contribution in [0.1, 0.15) is 39.0 Å². The molecule has 0 unspecified atom stereocenters. The first-order valence-electron chi connectivity index (χ1n) is 6.52. The first-order chi connectivity index (χ1) is 9.47. The van der Waals surface area contributed by atoms with E-state index in [0.29, 0.717) is 31.4 Å². The van der Waals surface area contributed by atoms with Gasteiger partial charge in [0.05, 0.1) is 20.1 Å². The van der Waals surface area contributed by atoms with Crippen molar-refractivity contribution in [2.75, 3.05) is 20.3 Å². The lowest BCUT2D eigenvalue weighted by atomic mass is 10.2. The van der Waals surface area contributed by atoms with Crippen LogP contribution in [0, 0.1) is 0 Å². The lowest BCUT2D eigenvalue weighted by Crippen LogP contribution is -2.12. The molecule has 6 nitrogen and oxygen atoms in total. The lowest BCUT2D eigenvalue weighted by Gasteiger charge is -2.06. The molecule has 114 valence electrons. The maximum atomic E-state index is 11.3. The zero-order valence-corrected chi connectivity index (χ0v) is 12.1. The minimum absolute atomic E-state index is 0.00708. The first-order valence-corrected chi connectivity index (χ1v) is 6.52. The van der Waals surface area contributed by atoms with Gasteiger partial charge < -0.3 is 14.2 Å². The molecule has 0 amide bonds. The standard InChI is InChI=1S/C14H22O6/c1-11(2)14(17)20-10-8-13(16)19-9-6-4-5-7-12(15)18-3/h1,4-10H2,2-3H3. The van der Waals surface area contributed by atoms with Crippen molar-refractivity contribution in [2.45, 2.75) is 39.0 Å². The molecule has 0 aromatic rings. The minimum atomic E-state index is -0.513. The van der Waals surface area contributed by atoms with Gasteiger partial charge in [0, 0.05) is 12.0 Å². The molecule has 0 aliphatic carbocycles. The fourth-order valence-corrected chi connectivity index (χ4v) is 1.26. The molecule has 0 aliphatic heterocycles. The summed E-state index contributed by atoms with van der Waals surface area (Å²) < 4.78 is 14.2. The fourth-order valence-electron chi connectivity index (χ4n) is 1.26. The summed E-state index contributed by atoms with van der Waals surface area (Å²) in [5.41, 5.74) is 0.295. The highest BCUT2D eigenvalue weighted by Gasteiger charge is 2.07. The molecule has 0 heterocycles. The van der Waals surface area contributed by atoms with E-state index in [1.165, 1.54) is 14.0 Å². The second kappa shape index (κ2) is 11.0. The molecule has 20 heavy (non-hydrogen) atoms. The van der Waals surface area contributed by atoms with Gasteiger partial charge in [0.25, 0.3) is 0 Å². The monoisotopic (exact) mass is 286 g/mol. The molecule has 0 N–H and O–H groups in total. The van der Waals surface area contributed by atoms with Gasteiger partial charge in [-0.15, -0.1) is 0 Å². The van der Waals surface area contributed by atoms with E-state index >= 15 is 0 Å². The van der Waals surface area contributed by atoms with Gasteiger partial charge in [0.2, 0.25) is 0 Å². The molecule has 0 bridgehead atoms. The third kappa shape index (κ3) is 10.1. The fraction of sp³-hybridized carbons (Fsp3) is 0.643. The Morgan fingerprint density at radius 2 is 1.60 bits per heavy atom. The number of ether oxygens (including phenoxy) is 3. The van der Waals surface area contributed by atoms with Crippen LogP contribution in [0.4, 0.5) is 0 Å². The molecule has 6 heteroatoms. The van der Waals surface area contributed by atoms with Crippen LogP contribution in [0.3, 0.4) is 0 Å². The molecular formula is C14H22O6. The highest BCUT2D eigenvalue weighted by Crippen LogP contribution is 2.02. The predicted octanol–water partition coefficient (Wildman–Crippen LogP) is 1.77. The quantitative estimate of drug-likeness (QED) is 0.263. The van der Waals surface area contributed by atoms with E-state index in [1.807, 2.05) is 0 Å². The Kier molecular flexibility index (Phi) is 10.00. The van der Waals surface area contributed by atoms with Crippen LogP contribution in [0.2, 0.25) is 0 Å². The number of carbonyl (C=O) groups excluding carboxylic acids is 3. The van der Waals surface area contributed by atoms with Crippen molar-refractivity contribution >= 4 is 17.9 Å². The van der Waals surface area contributed by atoms with Gasteiger partial charge in [0.15, 0.2) is 0 Å². The third-order valence-corrected chi connectivity index (χ3v) is 2.40. The van der Waals surface area contributed by atoms with Crippen LogP contribution in [-0.4, -0.2) is 38.2 Å². The number of hydrogen-bond donors (Lipinski definition) is 0. The lowest BCUT2D eigenvalue weighted by molar-refractivity contribution is -0.148. The van der Waals surface area contributed by atoms with Crippen molar-refractivity contribution in [3.63, 3.8) is 0 Å². The van der Waals surface area contributed by atoms with Crippen LogP contribution in [0.25, 0.3) is 0 Å². The van der Waals surface area contributed by atoms with Crippen LogP contribution < -0.4 is 0 Å². The van der Waals surface area contributed by atoms with Gasteiger partial charge in [-0.05, 0) is 26.2 Å². The van der Waals surface area contributed by atoms with E-state index in [0.717, 1.165) is 6.42 Å². The largest absolute Gasteiger partial charge is 0.469 e. The Morgan fingerprint density at radius 1 is 0.900 bits per heavy atom. The van der Waals surface area contributed by atoms with E-state index < -0.39 is 11.9 Å². The molecule has 0 aromatic carbocycles. The van der Waals surface area contributed by atoms with Gasteiger partial charge in [-0.1, -0.05) is 6.58 Å². The molecule has 0 saturated carbocycles.